The number of hydrogen-bond donors (Lipinski definition) is 0. The van der Waals surface area contributed by atoms with Crippen LogP contribution in [-0.2, 0) is 6.42 Å². The molecule has 0 bridgehead atoms. The lowest BCUT2D eigenvalue weighted by atomic mass is 10.1. The molecule has 1 aromatic heterocycles. The van der Waals surface area contributed by atoms with Crippen molar-refractivity contribution in [3.8, 4) is 0 Å². The Morgan fingerprint density at radius 2 is 1.68 bits per heavy atom. The summed E-state index contributed by atoms with van der Waals surface area (Å²) in [5, 5.41) is 1.19. The Balaban J connectivity index is 1.89. The van der Waals surface area contributed by atoms with Crippen molar-refractivity contribution in [2.75, 3.05) is 0 Å². The van der Waals surface area contributed by atoms with E-state index < -0.39 is 0 Å². The number of para-hydroxylation sites is 1. The van der Waals surface area contributed by atoms with Crippen molar-refractivity contribution < 1.29 is 0 Å². The summed E-state index contributed by atoms with van der Waals surface area (Å²) in [6, 6.07) is 20.9. The van der Waals surface area contributed by atoms with Crippen molar-refractivity contribution >= 4 is 17.0 Å². The van der Waals surface area contributed by atoms with Crippen LogP contribution in [0.2, 0.25) is 0 Å². The second kappa shape index (κ2) is 5.07. The molecule has 0 amide bonds. The van der Waals surface area contributed by atoms with Crippen LogP contribution < -0.4 is 0 Å². The van der Waals surface area contributed by atoms with Crippen LogP contribution in [0, 0.1) is 0 Å². The highest BCUT2D eigenvalue weighted by Gasteiger charge is 2.00. The molecule has 3 aromatic rings. The molecule has 1 heterocycles. The highest BCUT2D eigenvalue weighted by atomic mass is 14.7. The maximum Gasteiger partial charge on any atom is 0.0705 e. The van der Waals surface area contributed by atoms with Gasteiger partial charge < -0.3 is 0 Å². The summed E-state index contributed by atoms with van der Waals surface area (Å²) in [5.41, 5.74) is 4.58. The fourth-order valence-electron chi connectivity index (χ4n) is 2.19. The van der Waals surface area contributed by atoms with Gasteiger partial charge >= 0.3 is 0 Å². The quantitative estimate of drug-likeness (QED) is 0.663. The molecule has 0 saturated heterocycles. The molecule has 92 valence electrons. The van der Waals surface area contributed by atoms with Crippen molar-refractivity contribution in [3.05, 3.63) is 84.1 Å². The normalized spacial score (nSPS) is 10.5. The summed E-state index contributed by atoms with van der Waals surface area (Å²) < 4.78 is 0. The summed E-state index contributed by atoms with van der Waals surface area (Å²) in [6.45, 7) is 3.77. The molecule has 0 aliphatic rings. The Kier molecular flexibility index (Phi) is 3.11. The van der Waals surface area contributed by atoms with Crippen LogP contribution in [0.4, 0.5) is 0 Å². The molecule has 0 radical (unpaired) electrons. The molecule has 0 aliphatic heterocycles. The molecule has 0 aliphatic carbocycles. The van der Waals surface area contributed by atoms with E-state index in [0.717, 1.165) is 23.2 Å². The van der Waals surface area contributed by atoms with Gasteiger partial charge in [0.05, 0.1) is 5.52 Å². The van der Waals surface area contributed by atoms with Crippen LogP contribution >= 0.6 is 0 Å². The van der Waals surface area contributed by atoms with E-state index in [-0.39, 0.29) is 0 Å². The zero-order chi connectivity index (χ0) is 13.1. The lowest BCUT2D eigenvalue weighted by Crippen LogP contribution is -1.92. The Morgan fingerprint density at radius 1 is 0.895 bits per heavy atom. The molecule has 0 spiro atoms. The molecular weight excluding hydrogens is 230 g/mol. The number of pyridine rings is 1. The van der Waals surface area contributed by atoms with E-state index in [1.165, 1.54) is 10.9 Å². The van der Waals surface area contributed by atoms with Crippen LogP contribution in [0.15, 0.2) is 67.2 Å². The predicted molar refractivity (Wildman–Crippen MR) is 81.1 cm³/mol. The Labute approximate surface area is 113 Å². The zero-order valence-corrected chi connectivity index (χ0v) is 10.7. The van der Waals surface area contributed by atoms with Gasteiger partial charge in [-0.25, -0.2) is 0 Å². The Bertz CT molecular complexity index is 711. The van der Waals surface area contributed by atoms with Crippen molar-refractivity contribution in [1.82, 2.24) is 4.98 Å². The molecule has 0 saturated carbocycles. The van der Waals surface area contributed by atoms with Crippen LogP contribution in [0.1, 0.15) is 16.8 Å². The number of hydrogen-bond acceptors (Lipinski definition) is 1. The van der Waals surface area contributed by atoms with E-state index in [1.54, 1.807) is 0 Å². The first-order valence-corrected chi connectivity index (χ1v) is 6.41. The summed E-state index contributed by atoms with van der Waals surface area (Å²) in [7, 11) is 0. The van der Waals surface area contributed by atoms with E-state index in [1.807, 2.05) is 18.2 Å². The summed E-state index contributed by atoms with van der Waals surface area (Å²) in [6.07, 6.45) is 2.72. The van der Waals surface area contributed by atoms with Gasteiger partial charge in [-0.2, -0.15) is 0 Å². The second-order valence-corrected chi connectivity index (χ2v) is 4.62. The smallest absolute Gasteiger partial charge is 0.0705 e. The number of fused-ring (bicyclic) bond motifs is 1. The first-order chi connectivity index (χ1) is 9.35. The molecule has 0 N–H and O–H groups in total. The van der Waals surface area contributed by atoms with Crippen molar-refractivity contribution in [3.63, 3.8) is 0 Å². The minimum atomic E-state index is 0.863. The fourth-order valence-corrected chi connectivity index (χ4v) is 2.19. The summed E-state index contributed by atoms with van der Waals surface area (Å²) in [5.74, 6) is 0. The molecule has 0 fully saturated rings. The van der Waals surface area contributed by atoms with Gasteiger partial charge in [-0.05, 0) is 23.3 Å². The van der Waals surface area contributed by atoms with Crippen molar-refractivity contribution in [2.24, 2.45) is 0 Å². The van der Waals surface area contributed by atoms with Crippen LogP contribution in [0.5, 0.6) is 0 Å². The van der Waals surface area contributed by atoms with Gasteiger partial charge in [0.25, 0.3) is 0 Å². The molecule has 19 heavy (non-hydrogen) atoms. The lowest BCUT2D eigenvalue weighted by molar-refractivity contribution is 1.10. The molecule has 0 unspecified atom stereocenters. The lowest BCUT2D eigenvalue weighted by Gasteiger charge is -2.04. The average Bonchev–Trinajstić information content (AvgIpc) is 2.48. The third-order valence-corrected chi connectivity index (χ3v) is 3.26. The van der Waals surface area contributed by atoms with Gasteiger partial charge in [-0.1, -0.05) is 61.2 Å². The molecule has 1 nitrogen and oxygen atoms in total. The number of aromatic nitrogens is 1. The van der Waals surface area contributed by atoms with E-state index in [4.69, 9.17) is 4.98 Å². The van der Waals surface area contributed by atoms with E-state index in [0.29, 0.717) is 0 Å². The predicted octanol–water partition coefficient (Wildman–Crippen LogP) is 4.47. The Morgan fingerprint density at radius 3 is 2.47 bits per heavy atom. The SMILES string of the molecule is C=Cc1ccc(Cc2ccc3ccccc3n2)cc1. The van der Waals surface area contributed by atoms with Crippen molar-refractivity contribution in [2.45, 2.75) is 6.42 Å². The van der Waals surface area contributed by atoms with Gasteiger partial charge in [0.15, 0.2) is 0 Å². The van der Waals surface area contributed by atoms with E-state index in [9.17, 15) is 0 Å². The molecule has 0 atom stereocenters. The highest BCUT2D eigenvalue weighted by molar-refractivity contribution is 5.78. The van der Waals surface area contributed by atoms with E-state index >= 15 is 0 Å². The minimum Gasteiger partial charge on any atom is -0.252 e. The maximum absolute atomic E-state index is 4.69. The minimum absolute atomic E-state index is 0.863. The van der Waals surface area contributed by atoms with Crippen LogP contribution in [0.25, 0.3) is 17.0 Å². The van der Waals surface area contributed by atoms with Gasteiger partial charge in [-0.3, -0.25) is 4.98 Å². The summed E-state index contributed by atoms with van der Waals surface area (Å²) in [4.78, 5) is 4.69. The third kappa shape index (κ3) is 2.55. The Hall–Kier alpha value is -2.41. The second-order valence-electron chi connectivity index (χ2n) is 4.62. The first-order valence-electron chi connectivity index (χ1n) is 6.41. The van der Waals surface area contributed by atoms with Gasteiger partial charge in [0.1, 0.15) is 0 Å². The zero-order valence-electron chi connectivity index (χ0n) is 10.7. The highest BCUT2D eigenvalue weighted by Crippen LogP contribution is 2.15. The number of benzene rings is 2. The van der Waals surface area contributed by atoms with Gasteiger partial charge in [0, 0.05) is 17.5 Å². The summed E-state index contributed by atoms with van der Waals surface area (Å²) >= 11 is 0. The molecule has 2 aromatic carbocycles. The number of rotatable bonds is 3. The monoisotopic (exact) mass is 245 g/mol. The van der Waals surface area contributed by atoms with Crippen LogP contribution in [-0.4, -0.2) is 4.98 Å². The standard InChI is InChI=1S/C18H15N/c1-2-14-7-9-15(10-8-14)13-17-12-11-16-5-3-4-6-18(16)19-17/h2-12H,1,13H2. The van der Waals surface area contributed by atoms with Gasteiger partial charge in [-0.15, -0.1) is 0 Å². The van der Waals surface area contributed by atoms with Crippen molar-refractivity contribution in [1.29, 1.82) is 0 Å². The molecular formula is C18H15N. The largest absolute Gasteiger partial charge is 0.252 e. The fraction of sp³-hybridized carbons (Fsp3) is 0.0556. The third-order valence-electron chi connectivity index (χ3n) is 3.26. The number of nitrogens with zero attached hydrogens (tertiary/aromatic N) is 1. The molecule has 3 rings (SSSR count). The first kappa shape index (κ1) is 11.7. The van der Waals surface area contributed by atoms with Gasteiger partial charge in [0.2, 0.25) is 0 Å². The average molecular weight is 245 g/mol. The van der Waals surface area contributed by atoms with Crippen LogP contribution in [0.3, 0.4) is 0 Å². The topological polar surface area (TPSA) is 12.9 Å². The maximum atomic E-state index is 4.69. The molecule has 1 heteroatoms. The van der Waals surface area contributed by atoms with E-state index in [2.05, 4.69) is 55.1 Å².